The molecule has 5 rings (SSSR count). The fourth-order valence-electron chi connectivity index (χ4n) is 4.84. The number of rotatable bonds is 2. The molecule has 0 fully saturated rings. The zero-order valence-electron chi connectivity index (χ0n) is 17.6. The lowest BCUT2D eigenvalue weighted by atomic mass is 9.68. The quantitative estimate of drug-likeness (QED) is 0.562. The molecule has 6 nitrogen and oxygen atoms in total. The molecule has 1 aromatic heterocycles. The highest BCUT2D eigenvalue weighted by Crippen LogP contribution is 2.51. The van der Waals surface area contributed by atoms with E-state index in [9.17, 15) is 14.7 Å². The number of hydrogen-bond acceptors (Lipinski definition) is 6. The van der Waals surface area contributed by atoms with Gasteiger partial charge >= 0.3 is 5.97 Å². The minimum absolute atomic E-state index is 0.108. The number of anilines is 1. The number of carbonyl (C=O) groups is 2. The Bertz CT molecular complexity index is 1260. The van der Waals surface area contributed by atoms with Gasteiger partial charge in [-0.25, -0.2) is 4.79 Å². The monoisotopic (exact) mass is 417 g/mol. The van der Waals surface area contributed by atoms with Gasteiger partial charge in [0.2, 0.25) is 5.76 Å². The molecule has 31 heavy (non-hydrogen) atoms. The van der Waals surface area contributed by atoms with E-state index in [-0.39, 0.29) is 28.6 Å². The second-order valence-electron chi connectivity index (χ2n) is 9.02. The smallest absolute Gasteiger partial charge is 0.373 e. The van der Waals surface area contributed by atoms with Crippen molar-refractivity contribution < 1.29 is 23.8 Å². The number of phenolic OH excluding ortho intramolecular Hbond substituents is 1. The summed E-state index contributed by atoms with van der Waals surface area (Å²) in [6.07, 6.45) is 1.23. The normalized spacial score (nSPS) is 19.6. The molecule has 0 spiro atoms. The average molecular weight is 417 g/mol. The van der Waals surface area contributed by atoms with E-state index >= 15 is 0 Å². The van der Waals surface area contributed by atoms with Gasteiger partial charge in [-0.3, -0.25) is 4.79 Å². The lowest BCUT2D eigenvalue weighted by Crippen LogP contribution is -2.33. The topological polar surface area (TPSA) is 88.8 Å². The van der Waals surface area contributed by atoms with E-state index in [0.717, 1.165) is 39.9 Å². The molecule has 0 saturated carbocycles. The van der Waals surface area contributed by atoms with Crippen molar-refractivity contribution in [3.63, 3.8) is 0 Å². The lowest BCUT2D eigenvalue weighted by Gasteiger charge is -2.39. The van der Waals surface area contributed by atoms with Gasteiger partial charge in [0.15, 0.2) is 5.78 Å². The number of furan rings is 1. The van der Waals surface area contributed by atoms with Gasteiger partial charge in [-0.15, -0.1) is 0 Å². The third-order valence-corrected chi connectivity index (χ3v) is 6.14. The Morgan fingerprint density at radius 1 is 1.16 bits per heavy atom. The van der Waals surface area contributed by atoms with E-state index in [0.29, 0.717) is 12.0 Å². The first-order valence-electron chi connectivity index (χ1n) is 10.2. The van der Waals surface area contributed by atoms with Crippen LogP contribution in [0.25, 0.3) is 11.0 Å². The number of Topliss-reactive ketones (excluding diaryl/α,β-unsaturated/α-hetero) is 1. The number of phenols is 1. The van der Waals surface area contributed by atoms with Crippen LogP contribution in [0, 0.1) is 5.41 Å². The second-order valence-corrected chi connectivity index (χ2v) is 9.02. The highest BCUT2D eigenvalue weighted by Gasteiger charge is 2.41. The third-order valence-electron chi connectivity index (χ3n) is 6.14. The minimum atomic E-state index is -0.551. The molecule has 6 heteroatoms. The Morgan fingerprint density at radius 3 is 2.61 bits per heavy atom. The molecule has 0 radical (unpaired) electrons. The standard InChI is InChI=1S/C25H23NO5/c1-25(2)11-17-23(18(28)12-25)21(13-4-6-14(27)7-5-13)22-15-10-20(24(29)30-3)31-19(15)9-8-16(22)26-17/h4-10,21,26-27H,11-12H2,1-3H3. The summed E-state index contributed by atoms with van der Waals surface area (Å²) in [7, 11) is 1.31. The molecule has 1 atom stereocenters. The van der Waals surface area contributed by atoms with E-state index in [1.165, 1.54) is 7.11 Å². The molecule has 0 saturated heterocycles. The predicted molar refractivity (Wildman–Crippen MR) is 116 cm³/mol. The van der Waals surface area contributed by atoms with Gasteiger partial charge in [0, 0.05) is 34.7 Å². The SMILES string of the molecule is COC(=O)c1cc2c3c(ccc2o1)NC1=C(C(=O)CC(C)(C)C1)C3c1ccc(O)cc1. The molecule has 2 N–H and O–H groups in total. The number of benzene rings is 2. The van der Waals surface area contributed by atoms with Gasteiger partial charge in [-0.2, -0.15) is 0 Å². The maximum Gasteiger partial charge on any atom is 0.373 e. The fourth-order valence-corrected chi connectivity index (χ4v) is 4.84. The van der Waals surface area contributed by atoms with Crippen LogP contribution in [-0.4, -0.2) is 24.0 Å². The summed E-state index contributed by atoms with van der Waals surface area (Å²) < 4.78 is 10.6. The molecule has 2 heterocycles. The van der Waals surface area contributed by atoms with E-state index in [1.54, 1.807) is 18.2 Å². The first kappa shape index (κ1) is 19.4. The number of aromatic hydroxyl groups is 1. The summed E-state index contributed by atoms with van der Waals surface area (Å²) in [6.45, 7) is 4.20. The largest absolute Gasteiger partial charge is 0.508 e. The second kappa shape index (κ2) is 6.74. The zero-order chi connectivity index (χ0) is 21.9. The van der Waals surface area contributed by atoms with Crippen LogP contribution in [0.3, 0.4) is 0 Å². The molecular weight excluding hydrogens is 394 g/mol. The molecule has 1 aliphatic carbocycles. The van der Waals surface area contributed by atoms with Gasteiger partial charge < -0.3 is 19.6 Å². The highest BCUT2D eigenvalue weighted by atomic mass is 16.5. The van der Waals surface area contributed by atoms with Crippen LogP contribution < -0.4 is 5.32 Å². The van der Waals surface area contributed by atoms with Gasteiger partial charge in [0.1, 0.15) is 11.3 Å². The number of fused-ring (bicyclic) bond motifs is 3. The lowest BCUT2D eigenvalue weighted by molar-refractivity contribution is -0.118. The maximum atomic E-state index is 13.4. The summed E-state index contributed by atoms with van der Waals surface area (Å²) in [5.74, 6) is -0.493. The first-order chi connectivity index (χ1) is 14.8. The van der Waals surface area contributed by atoms with Crippen LogP contribution in [0.1, 0.15) is 54.3 Å². The van der Waals surface area contributed by atoms with E-state index < -0.39 is 5.97 Å². The van der Waals surface area contributed by atoms with Gasteiger partial charge in [0.25, 0.3) is 0 Å². The van der Waals surface area contributed by atoms with Crippen molar-refractivity contribution >= 4 is 28.4 Å². The number of esters is 1. The summed E-state index contributed by atoms with van der Waals surface area (Å²) in [6, 6.07) is 12.4. The van der Waals surface area contributed by atoms with Crippen LogP contribution in [0.15, 0.2) is 58.2 Å². The van der Waals surface area contributed by atoms with Crippen molar-refractivity contribution in [1.29, 1.82) is 0 Å². The summed E-state index contributed by atoms with van der Waals surface area (Å²) in [4.78, 5) is 25.4. The van der Waals surface area contributed by atoms with Crippen molar-refractivity contribution in [2.24, 2.45) is 5.41 Å². The fraction of sp³-hybridized carbons (Fsp3) is 0.280. The van der Waals surface area contributed by atoms with Crippen molar-refractivity contribution in [1.82, 2.24) is 0 Å². The molecule has 2 aromatic carbocycles. The Kier molecular flexibility index (Phi) is 4.22. The molecular formula is C25H23NO5. The summed E-state index contributed by atoms with van der Waals surface area (Å²) >= 11 is 0. The number of allylic oxidation sites excluding steroid dienone is 2. The Morgan fingerprint density at radius 2 is 1.90 bits per heavy atom. The third kappa shape index (κ3) is 3.10. The van der Waals surface area contributed by atoms with E-state index in [1.807, 2.05) is 24.3 Å². The van der Waals surface area contributed by atoms with Crippen LogP contribution in [0.4, 0.5) is 5.69 Å². The van der Waals surface area contributed by atoms with Crippen molar-refractivity contribution in [2.75, 3.05) is 12.4 Å². The van der Waals surface area contributed by atoms with Gasteiger partial charge in [-0.05, 0) is 53.3 Å². The number of methoxy groups -OCH3 is 1. The molecule has 1 aliphatic heterocycles. The number of ether oxygens (including phenoxy) is 1. The number of hydrogen-bond donors (Lipinski definition) is 2. The predicted octanol–water partition coefficient (Wildman–Crippen LogP) is 5.13. The minimum Gasteiger partial charge on any atom is -0.508 e. The van der Waals surface area contributed by atoms with Crippen LogP contribution in [0.2, 0.25) is 0 Å². The Balaban J connectivity index is 1.78. The van der Waals surface area contributed by atoms with Crippen molar-refractivity contribution in [2.45, 2.75) is 32.6 Å². The Hall–Kier alpha value is -3.54. The van der Waals surface area contributed by atoms with E-state index in [4.69, 9.17) is 9.15 Å². The van der Waals surface area contributed by atoms with Crippen molar-refractivity contribution in [3.05, 3.63) is 70.6 Å². The molecule has 1 unspecified atom stereocenters. The molecule has 2 aliphatic rings. The van der Waals surface area contributed by atoms with E-state index in [2.05, 4.69) is 19.2 Å². The van der Waals surface area contributed by atoms with Crippen LogP contribution >= 0.6 is 0 Å². The number of ketones is 1. The van der Waals surface area contributed by atoms with Crippen LogP contribution in [-0.2, 0) is 9.53 Å². The Labute approximate surface area is 179 Å². The maximum absolute atomic E-state index is 13.4. The average Bonchev–Trinajstić information content (AvgIpc) is 3.16. The molecule has 3 aromatic rings. The summed E-state index contributed by atoms with van der Waals surface area (Å²) in [5.41, 5.74) is 4.76. The highest BCUT2D eigenvalue weighted by molar-refractivity contribution is 6.04. The first-order valence-corrected chi connectivity index (χ1v) is 10.2. The number of nitrogens with one attached hydrogen (secondary N) is 1. The van der Waals surface area contributed by atoms with Crippen LogP contribution in [0.5, 0.6) is 5.75 Å². The molecule has 0 bridgehead atoms. The molecule has 158 valence electrons. The van der Waals surface area contributed by atoms with Gasteiger partial charge in [0.05, 0.1) is 7.11 Å². The molecule has 0 amide bonds. The van der Waals surface area contributed by atoms with Gasteiger partial charge in [-0.1, -0.05) is 26.0 Å². The zero-order valence-corrected chi connectivity index (χ0v) is 17.6. The number of carbonyl (C=O) groups excluding carboxylic acids is 2. The summed E-state index contributed by atoms with van der Waals surface area (Å²) in [5, 5.41) is 14.1. The van der Waals surface area contributed by atoms with Crippen molar-refractivity contribution in [3.8, 4) is 5.75 Å².